The van der Waals surface area contributed by atoms with E-state index >= 15 is 0 Å². The Hall–Kier alpha value is -0.670. The predicted octanol–water partition coefficient (Wildman–Crippen LogP) is 3.04. The average Bonchev–Trinajstić information content (AvgIpc) is 2.58. The van der Waals surface area contributed by atoms with Gasteiger partial charge in [0.2, 0.25) is 0 Å². The molecule has 0 aliphatic carbocycles. The summed E-state index contributed by atoms with van der Waals surface area (Å²) in [6.07, 6.45) is 2.05. The summed E-state index contributed by atoms with van der Waals surface area (Å²) < 4.78 is 3.17. The number of thiol groups is 1. The van der Waals surface area contributed by atoms with Gasteiger partial charge >= 0.3 is 0 Å². The first-order valence-electron chi connectivity index (χ1n) is 3.68. The molecule has 0 amide bonds. The molecule has 0 N–H and O–H groups in total. The topological polar surface area (TPSA) is 4.93 Å². The minimum atomic E-state index is 1.06. The van der Waals surface area contributed by atoms with Crippen LogP contribution in [-0.2, 0) is 7.05 Å². The summed E-state index contributed by atoms with van der Waals surface area (Å²) in [6, 6.07) is 8.28. The quantitative estimate of drug-likeness (QED) is 0.667. The Labute approximate surface area is 81.1 Å². The molecule has 0 fully saturated rings. The Bertz CT molecular complexity index is 387. The van der Waals surface area contributed by atoms with E-state index in [0.29, 0.717) is 0 Å². The molecule has 0 aliphatic rings. The molecule has 3 heteroatoms. The van der Waals surface area contributed by atoms with Gasteiger partial charge in [-0.25, -0.2) is 0 Å². The lowest BCUT2D eigenvalue weighted by molar-refractivity contribution is 0.940. The SMILES string of the molecule is Cn1cccc1-c1ccc(S)s1. The van der Waals surface area contributed by atoms with Gasteiger partial charge in [-0.2, -0.15) is 0 Å². The third kappa shape index (κ3) is 1.30. The molecule has 2 aromatic heterocycles. The van der Waals surface area contributed by atoms with E-state index in [1.54, 1.807) is 11.3 Å². The predicted molar refractivity (Wildman–Crippen MR) is 56.0 cm³/mol. The molecular weight excluding hydrogens is 186 g/mol. The Morgan fingerprint density at radius 3 is 2.67 bits per heavy atom. The van der Waals surface area contributed by atoms with Crippen LogP contribution >= 0.6 is 24.0 Å². The zero-order valence-corrected chi connectivity index (χ0v) is 8.40. The van der Waals surface area contributed by atoms with E-state index in [2.05, 4.69) is 29.3 Å². The van der Waals surface area contributed by atoms with Gasteiger partial charge in [-0.05, 0) is 24.3 Å². The van der Waals surface area contributed by atoms with Crippen LogP contribution in [0.1, 0.15) is 0 Å². The summed E-state index contributed by atoms with van der Waals surface area (Å²) in [5.74, 6) is 0. The van der Waals surface area contributed by atoms with Gasteiger partial charge in [0.1, 0.15) is 0 Å². The van der Waals surface area contributed by atoms with Gasteiger partial charge in [-0.1, -0.05) is 0 Å². The average molecular weight is 195 g/mol. The fourth-order valence-electron chi connectivity index (χ4n) is 1.18. The molecule has 0 aliphatic heterocycles. The molecule has 0 radical (unpaired) electrons. The van der Waals surface area contributed by atoms with Crippen LogP contribution in [0, 0.1) is 0 Å². The Kier molecular flexibility index (Phi) is 1.98. The van der Waals surface area contributed by atoms with Crippen LogP contribution in [-0.4, -0.2) is 4.57 Å². The highest BCUT2D eigenvalue weighted by atomic mass is 32.2. The van der Waals surface area contributed by atoms with Crippen molar-refractivity contribution in [3.05, 3.63) is 30.5 Å². The molecule has 0 saturated heterocycles. The third-order valence-corrected chi connectivity index (χ3v) is 3.12. The number of rotatable bonds is 1. The number of nitrogens with zero attached hydrogens (tertiary/aromatic N) is 1. The van der Waals surface area contributed by atoms with Crippen molar-refractivity contribution in [2.75, 3.05) is 0 Å². The smallest absolute Gasteiger partial charge is 0.0579 e. The molecule has 0 spiro atoms. The first kappa shape index (κ1) is 7.95. The molecular formula is C9H9NS2. The van der Waals surface area contributed by atoms with Crippen molar-refractivity contribution in [2.45, 2.75) is 4.21 Å². The number of thiophene rings is 1. The molecule has 0 unspecified atom stereocenters. The summed E-state index contributed by atoms with van der Waals surface area (Å²) in [7, 11) is 2.05. The van der Waals surface area contributed by atoms with Crippen LogP contribution in [0.4, 0.5) is 0 Å². The molecule has 1 nitrogen and oxygen atoms in total. The lowest BCUT2D eigenvalue weighted by Crippen LogP contribution is -1.85. The van der Waals surface area contributed by atoms with E-state index in [-0.39, 0.29) is 0 Å². The minimum absolute atomic E-state index is 1.06. The molecule has 2 rings (SSSR count). The Balaban J connectivity index is 2.50. The second-order valence-electron chi connectivity index (χ2n) is 2.64. The summed E-state index contributed by atoms with van der Waals surface area (Å²) in [4.78, 5) is 1.27. The monoisotopic (exact) mass is 195 g/mol. The highest BCUT2D eigenvalue weighted by molar-refractivity contribution is 7.83. The van der Waals surface area contributed by atoms with Gasteiger partial charge in [0.15, 0.2) is 0 Å². The lowest BCUT2D eigenvalue weighted by atomic mass is 10.3. The van der Waals surface area contributed by atoms with Gasteiger partial charge in [-0.3, -0.25) is 0 Å². The first-order chi connectivity index (χ1) is 5.77. The zero-order valence-electron chi connectivity index (χ0n) is 6.69. The van der Waals surface area contributed by atoms with Crippen LogP contribution in [0.5, 0.6) is 0 Å². The first-order valence-corrected chi connectivity index (χ1v) is 4.94. The van der Waals surface area contributed by atoms with Crippen molar-refractivity contribution in [3.8, 4) is 10.6 Å². The Morgan fingerprint density at radius 2 is 2.17 bits per heavy atom. The number of aryl methyl sites for hydroxylation is 1. The highest BCUT2D eigenvalue weighted by Gasteiger charge is 2.02. The van der Waals surface area contributed by atoms with Gasteiger partial charge in [0.05, 0.1) is 14.8 Å². The van der Waals surface area contributed by atoms with Crippen LogP contribution in [0.2, 0.25) is 0 Å². The summed E-state index contributed by atoms with van der Waals surface area (Å²) in [5.41, 5.74) is 1.25. The molecule has 2 heterocycles. The van der Waals surface area contributed by atoms with Crippen molar-refractivity contribution in [3.63, 3.8) is 0 Å². The maximum Gasteiger partial charge on any atom is 0.0579 e. The van der Waals surface area contributed by atoms with Crippen LogP contribution in [0.3, 0.4) is 0 Å². The number of aromatic nitrogens is 1. The van der Waals surface area contributed by atoms with E-state index in [9.17, 15) is 0 Å². The Morgan fingerprint density at radius 1 is 1.33 bits per heavy atom. The van der Waals surface area contributed by atoms with E-state index in [0.717, 1.165) is 4.21 Å². The van der Waals surface area contributed by atoms with Crippen LogP contribution in [0.15, 0.2) is 34.7 Å². The molecule has 62 valence electrons. The van der Waals surface area contributed by atoms with Crippen LogP contribution in [0.25, 0.3) is 10.6 Å². The second kappa shape index (κ2) is 2.99. The highest BCUT2D eigenvalue weighted by Crippen LogP contribution is 2.29. The van der Waals surface area contributed by atoms with Crippen molar-refractivity contribution in [1.29, 1.82) is 0 Å². The normalized spacial score (nSPS) is 10.5. The minimum Gasteiger partial charge on any atom is -0.350 e. The fourth-order valence-corrected chi connectivity index (χ4v) is 2.37. The van der Waals surface area contributed by atoms with E-state index < -0.39 is 0 Å². The van der Waals surface area contributed by atoms with Crippen molar-refractivity contribution < 1.29 is 0 Å². The number of hydrogen-bond donors (Lipinski definition) is 1. The molecule has 2 aromatic rings. The van der Waals surface area contributed by atoms with Crippen LogP contribution < -0.4 is 0 Å². The summed E-state index contributed by atoms with van der Waals surface area (Å²) in [5, 5.41) is 0. The van der Waals surface area contributed by atoms with Crippen molar-refractivity contribution in [1.82, 2.24) is 4.57 Å². The zero-order chi connectivity index (χ0) is 8.55. The molecule has 0 atom stereocenters. The van der Waals surface area contributed by atoms with Crippen molar-refractivity contribution in [2.24, 2.45) is 7.05 Å². The molecule has 0 aromatic carbocycles. The maximum absolute atomic E-state index is 4.28. The van der Waals surface area contributed by atoms with E-state index in [1.807, 2.05) is 25.4 Å². The van der Waals surface area contributed by atoms with Gasteiger partial charge in [-0.15, -0.1) is 24.0 Å². The number of hydrogen-bond acceptors (Lipinski definition) is 2. The van der Waals surface area contributed by atoms with Gasteiger partial charge < -0.3 is 4.57 Å². The van der Waals surface area contributed by atoms with Gasteiger partial charge in [0.25, 0.3) is 0 Å². The molecule has 0 bridgehead atoms. The summed E-state index contributed by atoms with van der Waals surface area (Å²) in [6.45, 7) is 0. The third-order valence-electron chi connectivity index (χ3n) is 1.79. The van der Waals surface area contributed by atoms with E-state index in [4.69, 9.17) is 0 Å². The second-order valence-corrected chi connectivity index (χ2v) is 4.51. The fraction of sp³-hybridized carbons (Fsp3) is 0.111. The maximum atomic E-state index is 4.28. The molecule has 0 saturated carbocycles. The lowest BCUT2D eigenvalue weighted by Gasteiger charge is -1.97. The largest absolute Gasteiger partial charge is 0.350 e. The van der Waals surface area contributed by atoms with E-state index in [1.165, 1.54) is 10.6 Å². The molecule has 12 heavy (non-hydrogen) atoms. The van der Waals surface area contributed by atoms with Crippen molar-refractivity contribution >= 4 is 24.0 Å². The van der Waals surface area contributed by atoms with Gasteiger partial charge in [0, 0.05) is 13.2 Å². The summed E-state index contributed by atoms with van der Waals surface area (Å²) >= 11 is 5.98. The standard InChI is InChI=1S/C9H9NS2/c1-10-6-2-3-7(10)8-4-5-9(11)12-8/h2-6,11H,1H3.